The first kappa shape index (κ1) is 19.1. The Labute approximate surface area is 164 Å². The van der Waals surface area contributed by atoms with Gasteiger partial charge in [0, 0.05) is 17.3 Å². The summed E-state index contributed by atoms with van der Waals surface area (Å²) in [6.07, 6.45) is 0. The van der Waals surface area contributed by atoms with Crippen LogP contribution in [0.2, 0.25) is 10.0 Å². The normalized spacial score (nSPS) is 11.9. The molecule has 2 aromatic carbocycles. The maximum atomic E-state index is 13.1. The molecule has 27 heavy (non-hydrogen) atoms. The van der Waals surface area contributed by atoms with Crippen molar-refractivity contribution in [3.63, 3.8) is 0 Å². The van der Waals surface area contributed by atoms with E-state index < -0.39 is 17.5 Å². The molecule has 0 fully saturated rings. The van der Waals surface area contributed by atoms with E-state index in [4.69, 9.17) is 23.2 Å². The van der Waals surface area contributed by atoms with Crippen molar-refractivity contribution in [2.24, 2.45) is 0 Å². The molecule has 1 N–H and O–H groups in total. The van der Waals surface area contributed by atoms with Crippen LogP contribution in [0, 0.1) is 5.82 Å². The number of halogens is 3. The van der Waals surface area contributed by atoms with E-state index in [-0.39, 0.29) is 5.82 Å². The van der Waals surface area contributed by atoms with Crippen LogP contribution >= 0.6 is 23.2 Å². The van der Waals surface area contributed by atoms with Gasteiger partial charge in [0.1, 0.15) is 11.9 Å². The molecule has 3 aromatic rings. The minimum atomic E-state index is -0.882. The third-order valence-corrected chi connectivity index (χ3v) is 4.64. The molecule has 0 radical (unpaired) electrons. The molecule has 1 unspecified atom stereocenters. The number of hydrogen-bond acceptors (Lipinski definition) is 3. The lowest BCUT2D eigenvalue weighted by Gasteiger charge is -2.15. The quantitative estimate of drug-likeness (QED) is 0.691. The van der Waals surface area contributed by atoms with Gasteiger partial charge in [-0.05, 0) is 55.5 Å². The highest BCUT2D eigenvalue weighted by atomic mass is 35.5. The number of amides is 1. The average molecular weight is 406 g/mol. The molecule has 0 aliphatic heterocycles. The van der Waals surface area contributed by atoms with Crippen molar-refractivity contribution in [2.75, 3.05) is 5.32 Å². The predicted octanol–water partition coefficient (Wildman–Crippen LogP) is 4.56. The number of hydrogen-bond donors (Lipinski definition) is 1. The van der Waals surface area contributed by atoms with Gasteiger partial charge < -0.3 is 5.32 Å². The SMILES string of the molecule is CC(C(=O)Nc1ccc(Cl)c(Cl)c1)n1nc(-c2ccc(F)cc2)ccc1=O. The standard InChI is InChI=1S/C19H14Cl2FN3O2/c1-11(19(27)23-14-6-7-15(20)16(21)10-14)25-18(26)9-8-17(24-25)12-2-4-13(22)5-3-12/h2-11H,1H3,(H,23,27). The summed E-state index contributed by atoms with van der Waals surface area (Å²) >= 11 is 11.8. The first-order chi connectivity index (χ1) is 12.8. The first-order valence-electron chi connectivity index (χ1n) is 7.97. The Balaban J connectivity index is 1.86. The molecule has 0 saturated heterocycles. The summed E-state index contributed by atoms with van der Waals surface area (Å²) in [5, 5.41) is 7.58. The van der Waals surface area contributed by atoms with Crippen LogP contribution in [0.15, 0.2) is 59.4 Å². The number of carbonyl (C=O) groups excluding carboxylic acids is 1. The Morgan fingerprint density at radius 3 is 2.44 bits per heavy atom. The summed E-state index contributed by atoms with van der Waals surface area (Å²) in [5.41, 5.74) is 1.09. The van der Waals surface area contributed by atoms with Gasteiger partial charge in [-0.25, -0.2) is 9.07 Å². The van der Waals surface area contributed by atoms with Gasteiger partial charge in [-0.2, -0.15) is 5.10 Å². The second-order valence-electron chi connectivity index (χ2n) is 5.80. The van der Waals surface area contributed by atoms with Crippen molar-refractivity contribution in [3.8, 4) is 11.3 Å². The van der Waals surface area contributed by atoms with Gasteiger partial charge in [0.05, 0.1) is 15.7 Å². The Kier molecular flexibility index (Phi) is 5.58. The third kappa shape index (κ3) is 4.35. The highest BCUT2D eigenvalue weighted by Gasteiger charge is 2.18. The third-order valence-electron chi connectivity index (χ3n) is 3.90. The van der Waals surface area contributed by atoms with E-state index in [9.17, 15) is 14.0 Å². The fourth-order valence-electron chi connectivity index (χ4n) is 2.41. The first-order valence-corrected chi connectivity index (χ1v) is 8.72. The number of carbonyl (C=O) groups is 1. The van der Waals surface area contributed by atoms with E-state index >= 15 is 0 Å². The number of rotatable bonds is 4. The van der Waals surface area contributed by atoms with E-state index in [1.807, 2.05) is 0 Å². The zero-order valence-electron chi connectivity index (χ0n) is 14.1. The lowest BCUT2D eigenvalue weighted by atomic mass is 10.1. The van der Waals surface area contributed by atoms with Crippen LogP contribution in [0.25, 0.3) is 11.3 Å². The van der Waals surface area contributed by atoms with E-state index in [2.05, 4.69) is 10.4 Å². The molecule has 5 nitrogen and oxygen atoms in total. The largest absolute Gasteiger partial charge is 0.324 e. The maximum Gasteiger partial charge on any atom is 0.267 e. The average Bonchev–Trinajstić information content (AvgIpc) is 2.65. The van der Waals surface area contributed by atoms with Crippen molar-refractivity contribution >= 4 is 34.8 Å². The van der Waals surface area contributed by atoms with Crippen molar-refractivity contribution in [3.05, 3.63) is 80.8 Å². The number of aromatic nitrogens is 2. The molecule has 1 atom stereocenters. The lowest BCUT2D eigenvalue weighted by Crippen LogP contribution is -2.33. The van der Waals surface area contributed by atoms with Gasteiger partial charge in [0.25, 0.3) is 5.56 Å². The van der Waals surface area contributed by atoms with Gasteiger partial charge in [-0.3, -0.25) is 9.59 Å². The zero-order chi connectivity index (χ0) is 19.6. The molecule has 0 aliphatic rings. The van der Waals surface area contributed by atoms with Gasteiger partial charge >= 0.3 is 0 Å². The second kappa shape index (κ2) is 7.90. The molecular weight excluding hydrogens is 392 g/mol. The van der Waals surface area contributed by atoms with Crippen LogP contribution in [-0.4, -0.2) is 15.7 Å². The number of nitrogens with one attached hydrogen (secondary N) is 1. The Morgan fingerprint density at radius 2 is 1.78 bits per heavy atom. The van der Waals surface area contributed by atoms with Gasteiger partial charge in [0.2, 0.25) is 5.91 Å². The number of anilines is 1. The van der Waals surface area contributed by atoms with Crippen LogP contribution in [0.1, 0.15) is 13.0 Å². The Morgan fingerprint density at radius 1 is 1.07 bits per heavy atom. The van der Waals surface area contributed by atoms with Gasteiger partial charge in [-0.1, -0.05) is 23.2 Å². The fourth-order valence-corrected chi connectivity index (χ4v) is 2.71. The summed E-state index contributed by atoms with van der Waals surface area (Å²) < 4.78 is 14.2. The van der Waals surface area contributed by atoms with Gasteiger partial charge in [0.15, 0.2) is 0 Å². The minimum absolute atomic E-state index is 0.302. The van der Waals surface area contributed by atoms with Gasteiger partial charge in [-0.15, -0.1) is 0 Å². The molecular formula is C19H14Cl2FN3O2. The molecule has 0 saturated carbocycles. The molecule has 8 heteroatoms. The van der Waals surface area contributed by atoms with Crippen molar-refractivity contribution < 1.29 is 9.18 Å². The Bertz CT molecular complexity index is 1050. The summed E-state index contributed by atoms with van der Waals surface area (Å²) in [5.74, 6) is -0.819. The minimum Gasteiger partial charge on any atom is -0.324 e. The summed E-state index contributed by atoms with van der Waals surface area (Å²) in [7, 11) is 0. The van der Waals surface area contributed by atoms with Crippen LogP contribution in [-0.2, 0) is 4.79 Å². The molecule has 1 heterocycles. The monoisotopic (exact) mass is 405 g/mol. The van der Waals surface area contributed by atoms with Crippen molar-refractivity contribution in [2.45, 2.75) is 13.0 Å². The smallest absolute Gasteiger partial charge is 0.267 e. The topological polar surface area (TPSA) is 64.0 Å². The number of nitrogens with zero attached hydrogens (tertiary/aromatic N) is 2. The van der Waals surface area contributed by atoms with Crippen LogP contribution in [0.3, 0.4) is 0 Å². The number of benzene rings is 2. The predicted molar refractivity (Wildman–Crippen MR) is 104 cm³/mol. The molecule has 3 rings (SSSR count). The summed E-state index contributed by atoms with van der Waals surface area (Å²) in [6.45, 7) is 1.55. The van der Waals surface area contributed by atoms with E-state index in [1.54, 1.807) is 31.2 Å². The van der Waals surface area contributed by atoms with E-state index in [1.165, 1.54) is 30.3 Å². The van der Waals surface area contributed by atoms with Crippen molar-refractivity contribution in [1.82, 2.24) is 9.78 Å². The highest BCUT2D eigenvalue weighted by molar-refractivity contribution is 6.42. The molecule has 1 aromatic heterocycles. The van der Waals surface area contributed by atoms with E-state index in [0.29, 0.717) is 27.0 Å². The lowest BCUT2D eigenvalue weighted by molar-refractivity contribution is -0.119. The van der Waals surface area contributed by atoms with Crippen LogP contribution in [0.5, 0.6) is 0 Å². The second-order valence-corrected chi connectivity index (χ2v) is 6.62. The molecule has 1 amide bonds. The zero-order valence-corrected chi connectivity index (χ0v) is 15.6. The Hall–Kier alpha value is -2.70. The molecule has 0 spiro atoms. The molecule has 0 bridgehead atoms. The van der Waals surface area contributed by atoms with Crippen LogP contribution in [0.4, 0.5) is 10.1 Å². The maximum absolute atomic E-state index is 13.1. The van der Waals surface area contributed by atoms with Crippen molar-refractivity contribution in [1.29, 1.82) is 0 Å². The molecule has 138 valence electrons. The van der Waals surface area contributed by atoms with Crippen LogP contribution < -0.4 is 10.9 Å². The summed E-state index contributed by atoms with van der Waals surface area (Å²) in [6, 6.07) is 12.3. The van der Waals surface area contributed by atoms with E-state index in [0.717, 1.165) is 4.68 Å². The molecule has 0 aliphatic carbocycles. The fraction of sp³-hybridized carbons (Fsp3) is 0.105. The summed E-state index contributed by atoms with van der Waals surface area (Å²) in [4.78, 5) is 24.7. The highest BCUT2D eigenvalue weighted by Crippen LogP contribution is 2.25.